The van der Waals surface area contributed by atoms with E-state index < -0.39 is 0 Å². The van der Waals surface area contributed by atoms with E-state index in [0.29, 0.717) is 0 Å². The van der Waals surface area contributed by atoms with Gasteiger partial charge in [-0.2, -0.15) is 0 Å². The van der Waals surface area contributed by atoms with Gasteiger partial charge in [-0.15, -0.1) is 0 Å². The van der Waals surface area contributed by atoms with Crippen molar-refractivity contribution in [3.63, 3.8) is 0 Å². The average molecular weight is 262 g/mol. The lowest BCUT2D eigenvalue weighted by Crippen LogP contribution is -2.84. The molecule has 2 N–H and O–H groups in total. The van der Waals surface area contributed by atoms with Crippen molar-refractivity contribution in [1.82, 2.24) is 0 Å². The summed E-state index contributed by atoms with van der Waals surface area (Å²) >= 11 is 0. The fourth-order valence-electron chi connectivity index (χ4n) is 2.07. The maximum Gasteiger partial charge on any atom is 0.125 e. The number of quaternary nitrogens is 1. The Morgan fingerprint density at radius 1 is 1.32 bits per heavy atom. The van der Waals surface area contributed by atoms with Crippen molar-refractivity contribution in [2.45, 2.75) is 39.5 Å². The second kappa shape index (κ2) is 7.34. The molecular weight excluding hydrogens is 234 g/mol. The third-order valence-corrected chi connectivity index (χ3v) is 3.15. The molecule has 0 heterocycles. The summed E-state index contributed by atoms with van der Waals surface area (Å²) in [6, 6.07) is 6.40. The van der Waals surface area contributed by atoms with E-state index in [0.717, 1.165) is 31.9 Å². The number of ether oxygens (including phenoxy) is 1. The predicted octanol–water partition coefficient (Wildman–Crippen LogP) is 2.81. The van der Waals surface area contributed by atoms with Gasteiger partial charge in [0.1, 0.15) is 5.75 Å². The molecule has 2 heteroatoms. The van der Waals surface area contributed by atoms with Crippen molar-refractivity contribution in [1.29, 1.82) is 0 Å². The minimum atomic E-state index is 0.121. The van der Waals surface area contributed by atoms with Gasteiger partial charge in [0.15, 0.2) is 0 Å². The Kier molecular flexibility index (Phi) is 6.10. The lowest BCUT2D eigenvalue weighted by molar-refractivity contribution is -0.646. The molecule has 0 radical (unpaired) electrons. The predicted molar refractivity (Wildman–Crippen MR) is 81.8 cm³/mol. The van der Waals surface area contributed by atoms with Gasteiger partial charge in [-0.05, 0) is 29.5 Å². The van der Waals surface area contributed by atoms with Crippen molar-refractivity contribution in [2.24, 2.45) is 0 Å². The highest BCUT2D eigenvalue weighted by atomic mass is 16.5. The number of hydrogen-bond acceptors (Lipinski definition) is 1. The second-order valence-corrected chi connectivity index (χ2v) is 6.01. The van der Waals surface area contributed by atoms with Crippen LogP contribution in [0.4, 0.5) is 0 Å². The second-order valence-electron chi connectivity index (χ2n) is 6.01. The van der Waals surface area contributed by atoms with Gasteiger partial charge in [-0.25, -0.2) is 0 Å². The van der Waals surface area contributed by atoms with Crippen LogP contribution < -0.4 is 10.1 Å². The molecule has 0 saturated carbocycles. The first-order chi connectivity index (χ1) is 8.96. The zero-order valence-electron chi connectivity index (χ0n) is 12.8. The highest BCUT2D eigenvalue weighted by Crippen LogP contribution is 2.33. The third-order valence-electron chi connectivity index (χ3n) is 3.15. The molecule has 0 fully saturated rings. The smallest absolute Gasteiger partial charge is 0.125 e. The summed E-state index contributed by atoms with van der Waals surface area (Å²) in [5, 5.41) is 2.25. The maximum atomic E-state index is 6.03. The van der Waals surface area contributed by atoms with Gasteiger partial charge < -0.3 is 10.1 Å². The van der Waals surface area contributed by atoms with Crippen molar-refractivity contribution in [3.8, 4) is 5.75 Å². The van der Waals surface area contributed by atoms with E-state index >= 15 is 0 Å². The van der Waals surface area contributed by atoms with Gasteiger partial charge in [0, 0.05) is 6.42 Å². The molecule has 0 aliphatic rings. The first-order valence-electron chi connectivity index (χ1n) is 7.12. The van der Waals surface area contributed by atoms with Gasteiger partial charge in [0.05, 0.1) is 19.7 Å². The molecule has 0 atom stereocenters. The molecule has 1 aromatic carbocycles. The number of rotatable bonds is 7. The number of para-hydroxylation sites is 1. The monoisotopic (exact) mass is 262 g/mol. The highest BCUT2D eigenvalue weighted by Gasteiger charge is 2.19. The molecule has 0 aliphatic heterocycles. The van der Waals surface area contributed by atoms with Crippen molar-refractivity contribution in [3.05, 3.63) is 42.0 Å². The Balaban J connectivity index is 2.60. The van der Waals surface area contributed by atoms with Gasteiger partial charge in [-0.3, -0.25) is 0 Å². The van der Waals surface area contributed by atoms with Gasteiger partial charge in [0.2, 0.25) is 0 Å². The maximum absolute atomic E-state index is 6.03. The number of benzene rings is 1. The van der Waals surface area contributed by atoms with Crippen molar-refractivity contribution >= 4 is 0 Å². The van der Waals surface area contributed by atoms with E-state index in [2.05, 4.69) is 57.8 Å². The largest absolute Gasteiger partial charge is 0.493 e. The summed E-state index contributed by atoms with van der Waals surface area (Å²) < 4.78 is 6.03. The van der Waals surface area contributed by atoms with Crippen LogP contribution in [0.15, 0.2) is 30.9 Å². The van der Waals surface area contributed by atoms with Crippen LogP contribution >= 0.6 is 0 Å². The molecule has 0 aromatic heterocycles. The molecule has 0 bridgehead atoms. The molecule has 1 aromatic rings. The molecular formula is C17H28NO+. The molecule has 0 amide bonds. The molecule has 106 valence electrons. The first-order valence-corrected chi connectivity index (χ1v) is 7.12. The Hall–Kier alpha value is -1.28. The van der Waals surface area contributed by atoms with Crippen LogP contribution in [-0.2, 0) is 5.41 Å². The molecule has 0 spiro atoms. The van der Waals surface area contributed by atoms with Gasteiger partial charge >= 0.3 is 0 Å². The van der Waals surface area contributed by atoms with E-state index in [1.165, 1.54) is 11.1 Å². The highest BCUT2D eigenvalue weighted by molar-refractivity contribution is 5.44. The molecule has 0 saturated heterocycles. The molecule has 0 unspecified atom stereocenters. The quantitative estimate of drug-likeness (QED) is 0.593. The molecule has 1 rings (SSSR count). The number of hydrogen-bond donors (Lipinski definition) is 1. The standard InChI is InChI=1S/C17H27NO/c1-6-11-18-12-8-13-19-16-14(2)9-7-10-15(16)17(3,4)5/h6-7,9-10,18H,1,8,11-13H2,2-5H3/p+1. The van der Waals surface area contributed by atoms with Crippen molar-refractivity contribution < 1.29 is 10.1 Å². The van der Waals surface area contributed by atoms with E-state index in [9.17, 15) is 0 Å². The third kappa shape index (κ3) is 5.07. The summed E-state index contributed by atoms with van der Waals surface area (Å²) in [5.74, 6) is 1.07. The van der Waals surface area contributed by atoms with Crippen LogP contribution in [0, 0.1) is 6.92 Å². The topological polar surface area (TPSA) is 25.8 Å². The summed E-state index contributed by atoms with van der Waals surface area (Å²) in [7, 11) is 0. The van der Waals surface area contributed by atoms with Crippen LogP contribution in [0.25, 0.3) is 0 Å². The van der Waals surface area contributed by atoms with Crippen LogP contribution in [-0.4, -0.2) is 19.7 Å². The van der Waals surface area contributed by atoms with Crippen LogP contribution in [0.1, 0.15) is 38.3 Å². The van der Waals surface area contributed by atoms with Crippen LogP contribution in [0.3, 0.4) is 0 Å². The normalized spacial score (nSPS) is 11.4. The first kappa shape index (κ1) is 15.8. The van der Waals surface area contributed by atoms with E-state index in [4.69, 9.17) is 4.74 Å². The Labute approximate surface area is 117 Å². The van der Waals surface area contributed by atoms with Gasteiger partial charge in [0.25, 0.3) is 0 Å². The summed E-state index contributed by atoms with van der Waals surface area (Å²) in [6.07, 6.45) is 2.99. The lowest BCUT2D eigenvalue weighted by Gasteiger charge is -2.24. The Morgan fingerprint density at radius 2 is 2.05 bits per heavy atom. The molecule has 19 heavy (non-hydrogen) atoms. The van der Waals surface area contributed by atoms with Crippen LogP contribution in [0.2, 0.25) is 0 Å². The van der Waals surface area contributed by atoms with Crippen molar-refractivity contribution in [2.75, 3.05) is 19.7 Å². The van der Waals surface area contributed by atoms with Gasteiger partial charge in [-0.1, -0.05) is 45.5 Å². The van der Waals surface area contributed by atoms with E-state index in [1.807, 2.05) is 6.08 Å². The van der Waals surface area contributed by atoms with E-state index in [1.54, 1.807) is 0 Å². The summed E-state index contributed by atoms with van der Waals surface area (Å²) in [5.41, 5.74) is 2.64. The van der Waals surface area contributed by atoms with Crippen LogP contribution in [0.5, 0.6) is 5.75 Å². The minimum absolute atomic E-state index is 0.121. The zero-order valence-corrected chi connectivity index (χ0v) is 12.8. The fourth-order valence-corrected chi connectivity index (χ4v) is 2.07. The number of nitrogens with two attached hydrogens (primary N) is 1. The Bertz CT molecular complexity index is 404. The average Bonchev–Trinajstić information content (AvgIpc) is 2.33. The fraction of sp³-hybridized carbons (Fsp3) is 0.529. The molecule has 2 nitrogen and oxygen atoms in total. The Morgan fingerprint density at radius 3 is 2.68 bits per heavy atom. The zero-order chi connectivity index (χ0) is 14.3. The molecule has 0 aliphatic carbocycles. The lowest BCUT2D eigenvalue weighted by atomic mass is 9.85. The summed E-state index contributed by atoms with van der Waals surface area (Å²) in [6.45, 7) is 15.4. The summed E-state index contributed by atoms with van der Waals surface area (Å²) in [4.78, 5) is 0. The van der Waals surface area contributed by atoms with E-state index in [-0.39, 0.29) is 5.41 Å². The minimum Gasteiger partial charge on any atom is -0.493 e. The SMILES string of the molecule is C=CC[NH2+]CCCOc1c(C)cccc1C(C)(C)C. The number of aryl methyl sites for hydroxylation is 1.